The van der Waals surface area contributed by atoms with E-state index in [0.717, 1.165) is 26.3 Å². The van der Waals surface area contributed by atoms with E-state index in [1.807, 2.05) is 0 Å². The number of nitrogens with one attached hydrogen (secondary N) is 2. The number of aromatic amines is 1. The lowest BCUT2D eigenvalue weighted by Crippen LogP contribution is -2.51. The fourth-order valence-corrected chi connectivity index (χ4v) is 3.26. The zero-order valence-electron chi connectivity index (χ0n) is 14.6. The van der Waals surface area contributed by atoms with Crippen LogP contribution >= 0.6 is 0 Å². The van der Waals surface area contributed by atoms with Crippen molar-refractivity contribution in [1.29, 1.82) is 0 Å². The summed E-state index contributed by atoms with van der Waals surface area (Å²) in [6.07, 6.45) is 0. The van der Waals surface area contributed by atoms with E-state index in [1.165, 1.54) is 0 Å². The highest BCUT2D eigenvalue weighted by Crippen LogP contribution is 2.14. The van der Waals surface area contributed by atoms with Gasteiger partial charge >= 0.3 is 0 Å². The molecule has 0 saturated carbocycles. The van der Waals surface area contributed by atoms with Crippen LogP contribution in [0, 0.1) is 5.92 Å². The van der Waals surface area contributed by atoms with Gasteiger partial charge in [0.15, 0.2) is 5.69 Å². The lowest BCUT2D eigenvalue weighted by atomic mass is 10.0. The second-order valence-corrected chi connectivity index (χ2v) is 6.62. The van der Waals surface area contributed by atoms with Gasteiger partial charge in [0.1, 0.15) is 0 Å². The summed E-state index contributed by atoms with van der Waals surface area (Å²) >= 11 is 0. The molecule has 134 valence electrons. The number of H-pyrrole nitrogens is 1. The number of morpholine rings is 1. The number of nitrogens with zero attached hydrogens (tertiary/aromatic N) is 2. The van der Waals surface area contributed by atoms with Gasteiger partial charge in [0.05, 0.1) is 18.6 Å². The molecule has 0 radical (unpaired) electrons. The lowest BCUT2D eigenvalue weighted by molar-refractivity contribution is 0.00672. The topological polar surface area (TPSA) is 87.3 Å². The average molecular weight is 344 g/mol. The Bertz CT molecular complexity index is 796. The molecular formula is C18H24N4O3. The van der Waals surface area contributed by atoms with Gasteiger partial charge in [-0.05, 0) is 12.0 Å². The third-order valence-corrected chi connectivity index (χ3v) is 4.67. The summed E-state index contributed by atoms with van der Waals surface area (Å²) < 4.78 is 5.41. The zero-order valence-corrected chi connectivity index (χ0v) is 14.6. The van der Waals surface area contributed by atoms with Gasteiger partial charge in [0.25, 0.3) is 11.5 Å². The Hall–Kier alpha value is -2.25. The van der Waals surface area contributed by atoms with Gasteiger partial charge in [-0.25, -0.2) is 5.10 Å². The van der Waals surface area contributed by atoms with Crippen LogP contribution in [0.25, 0.3) is 10.8 Å². The van der Waals surface area contributed by atoms with E-state index in [4.69, 9.17) is 4.74 Å². The molecule has 0 bridgehead atoms. The number of fused-ring (bicyclic) bond motifs is 1. The van der Waals surface area contributed by atoms with Crippen molar-refractivity contribution in [3.8, 4) is 0 Å². The first-order chi connectivity index (χ1) is 12.1. The SMILES string of the molecule is CC(C)[C@@H](CNC(=O)c1n[nH]c(=O)c2ccccc12)N1CCOCC1. The van der Waals surface area contributed by atoms with Crippen molar-refractivity contribution in [3.63, 3.8) is 0 Å². The molecule has 2 N–H and O–H groups in total. The van der Waals surface area contributed by atoms with E-state index in [-0.39, 0.29) is 23.2 Å². The predicted octanol–water partition coefficient (Wildman–Crippen LogP) is 1.01. The highest BCUT2D eigenvalue weighted by molar-refractivity contribution is 6.04. The monoisotopic (exact) mass is 344 g/mol. The number of rotatable bonds is 5. The Morgan fingerprint density at radius 2 is 1.96 bits per heavy atom. The van der Waals surface area contributed by atoms with Crippen LogP contribution in [0.1, 0.15) is 24.3 Å². The van der Waals surface area contributed by atoms with Gasteiger partial charge in [-0.15, -0.1) is 0 Å². The maximum atomic E-state index is 12.6. The number of amides is 1. The van der Waals surface area contributed by atoms with Crippen LogP contribution in [0.3, 0.4) is 0 Å². The number of carbonyl (C=O) groups excluding carboxylic acids is 1. The second kappa shape index (κ2) is 7.76. The summed E-state index contributed by atoms with van der Waals surface area (Å²) in [4.78, 5) is 26.8. The number of aromatic nitrogens is 2. The highest BCUT2D eigenvalue weighted by Gasteiger charge is 2.25. The van der Waals surface area contributed by atoms with Gasteiger partial charge in [-0.2, -0.15) is 5.10 Å². The molecule has 1 atom stereocenters. The van der Waals surface area contributed by atoms with Crippen LogP contribution in [0.4, 0.5) is 0 Å². The van der Waals surface area contributed by atoms with E-state index in [1.54, 1.807) is 24.3 Å². The molecular weight excluding hydrogens is 320 g/mol. The predicted molar refractivity (Wildman–Crippen MR) is 95.7 cm³/mol. The van der Waals surface area contributed by atoms with E-state index in [0.29, 0.717) is 23.2 Å². The third kappa shape index (κ3) is 3.88. The molecule has 7 nitrogen and oxygen atoms in total. The first kappa shape index (κ1) is 17.6. The molecule has 1 saturated heterocycles. The molecule has 1 aliphatic rings. The molecule has 25 heavy (non-hydrogen) atoms. The normalized spacial score (nSPS) is 16.9. The Labute approximate surface area is 146 Å². The number of ether oxygens (including phenoxy) is 1. The summed E-state index contributed by atoms with van der Waals surface area (Å²) in [7, 11) is 0. The first-order valence-electron chi connectivity index (χ1n) is 8.65. The van der Waals surface area contributed by atoms with Crippen LogP contribution in [0.15, 0.2) is 29.1 Å². The van der Waals surface area contributed by atoms with Crippen LogP contribution in [-0.4, -0.2) is 59.9 Å². The zero-order chi connectivity index (χ0) is 17.8. The quantitative estimate of drug-likeness (QED) is 0.845. The Morgan fingerprint density at radius 3 is 2.64 bits per heavy atom. The number of hydrogen-bond donors (Lipinski definition) is 2. The smallest absolute Gasteiger partial charge is 0.272 e. The second-order valence-electron chi connectivity index (χ2n) is 6.62. The van der Waals surface area contributed by atoms with E-state index < -0.39 is 0 Å². The van der Waals surface area contributed by atoms with Crippen molar-refractivity contribution in [2.45, 2.75) is 19.9 Å². The third-order valence-electron chi connectivity index (χ3n) is 4.67. The van der Waals surface area contributed by atoms with E-state index >= 15 is 0 Å². The minimum atomic E-state index is -0.291. The molecule has 2 heterocycles. The van der Waals surface area contributed by atoms with Crippen molar-refractivity contribution in [1.82, 2.24) is 20.4 Å². The van der Waals surface area contributed by atoms with Crippen LogP contribution in [0.5, 0.6) is 0 Å². The molecule has 1 aliphatic heterocycles. The maximum absolute atomic E-state index is 12.6. The van der Waals surface area contributed by atoms with E-state index in [2.05, 4.69) is 34.3 Å². The first-order valence-corrected chi connectivity index (χ1v) is 8.65. The molecule has 1 aromatic carbocycles. The summed E-state index contributed by atoms with van der Waals surface area (Å²) in [5.74, 6) is 0.130. The summed E-state index contributed by atoms with van der Waals surface area (Å²) in [5, 5.41) is 10.4. The molecule has 1 amide bonds. The number of benzene rings is 1. The minimum Gasteiger partial charge on any atom is -0.379 e. The molecule has 0 unspecified atom stereocenters. The fourth-order valence-electron chi connectivity index (χ4n) is 3.26. The molecule has 1 fully saturated rings. The number of hydrogen-bond acceptors (Lipinski definition) is 5. The largest absolute Gasteiger partial charge is 0.379 e. The van der Waals surface area contributed by atoms with Gasteiger partial charge in [0, 0.05) is 31.1 Å². The van der Waals surface area contributed by atoms with Gasteiger partial charge in [-0.1, -0.05) is 32.0 Å². The summed E-state index contributed by atoms with van der Waals surface area (Å²) in [6, 6.07) is 7.24. The van der Waals surface area contributed by atoms with Crippen molar-refractivity contribution < 1.29 is 9.53 Å². The molecule has 0 spiro atoms. The van der Waals surface area contributed by atoms with Crippen LogP contribution in [0.2, 0.25) is 0 Å². The molecule has 2 aromatic rings. The van der Waals surface area contributed by atoms with Crippen LogP contribution in [-0.2, 0) is 4.74 Å². The van der Waals surface area contributed by atoms with Crippen molar-refractivity contribution in [2.75, 3.05) is 32.8 Å². The number of carbonyl (C=O) groups is 1. The molecule has 7 heteroatoms. The molecule has 3 rings (SSSR count). The standard InChI is InChI=1S/C18H24N4O3/c1-12(2)15(22-7-9-25-10-8-22)11-19-18(24)16-13-5-3-4-6-14(13)17(23)21-20-16/h3-6,12,15H,7-11H2,1-2H3,(H,19,24)(H,21,23)/t15-/m1/s1. The average Bonchev–Trinajstić information content (AvgIpc) is 2.63. The fraction of sp³-hybridized carbons (Fsp3) is 0.500. The molecule has 0 aliphatic carbocycles. The Kier molecular flexibility index (Phi) is 5.45. The van der Waals surface area contributed by atoms with Crippen molar-refractivity contribution >= 4 is 16.7 Å². The highest BCUT2D eigenvalue weighted by atomic mass is 16.5. The lowest BCUT2D eigenvalue weighted by Gasteiger charge is -2.36. The van der Waals surface area contributed by atoms with Gasteiger partial charge in [-0.3, -0.25) is 14.5 Å². The Balaban J connectivity index is 1.75. The van der Waals surface area contributed by atoms with Gasteiger partial charge in [0.2, 0.25) is 0 Å². The maximum Gasteiger partial charge on any atom is 0.272 e. The van der Waals surface area contributed by atoms with Crippen LogP contribution < -0.4 is 10.9 Å². The minimum absolute atomic E-state index is 0.238. The van der Waals surface area contributed by atoms with Gasteiger partial charge < -0.3 is 10.1 Å². The van der Waals surface area contributed by atoms with Crippen molar-refractivity contribution in [2.24, 2.45) is 5.92 Å². The Morgan fingerprint density at radius 1 is 1.28 bits per heavy atom. The summed E-state index contributed by atoms with van der Waals surface area (Å²) in [6.45, 7) is 8.04. The van der Waals surface area contributed by atoms with Crippen molar-refractivity contribution in [3.05, 3.63) is 40.3 Å². The summed E-state index contributed by atoms with van der Waals surface area (Å²) in [5.41, 5.74) is -0.0415. The van der Waals surface area contributed by atoms with E-state index in [9.17, 15) is 9.59 Å². The molecule has 1 aromatic heterocycles.